The van der Waals surface area contributed by atoms with Crippen molar-refractivity contribution in [2.45, 2.75) is 31.3 Å². The summed E-state index contributed by atoms with van der Waals surface area (Å²) < 4.78 is 26.8. The molecule has 1 aliphatic heterocycles. The summed E-state index contributed by atoms with van der Waals surface area (Å²) in [6.07, 6.45) is 0. The van der Waals surface area contributed by atoms with Crippen LogP contribution in [0.15, 0.2) is 23.1 Å². The van der Waals surface area contributed by atoms with Gasteiger partial charge in [0.2, 0.25) is 10.0 Å². The van der Waals surface area contributed by atoms with E-state index in [1.807, 2.05) is 13.8 Å². The Bertz CT molecular complexity index is 585. The van der Waals surface area contributed by atoms with E-state index >= 15 is 0 Å². The zero-order valence-electron chi connectivity index (χ0n) is 12.3. The number of rotatable bonds is 5. The van der Waals surface area contributed by atoms with Gasteiger partial charge in [-0.2, -0.15) is 16.1 Å². The Morgan fingerprint density at radius 3 is 2.62 bits per heavy atom. The van der Waals surface area contributed by atoms with Crippen LogP contribution in [0.4, 0.5) is 0 Å². The predicted octanol–water partition coefficient (Wildman–Crippen LogP) is 2.58. The molecule has 0 unspecified atom stereocenters. The first-order chi connectivity index (χ1) is 9.91. The summed E-state index contributed by atoms with van der Waals surface area (Å²) in [6, 6.07) is 5.28. The first-order valence-corrected chi connectivity index (χ1v) is 9.98. The van der Waals surface area contributed by atoms with Crippen LogP contribution in [0.2, 0.25) is 5.02 Å². The van der Waals surface area contributed by atoms with Crippen molar-refractivity contribution in [1.82, 2.24) is 9.62 Å². The van der Waals surface area contributed by atoms with Crippen LogP contribution in [0.1, 0.15) is 19.4 Å². The van der Waals surface area contributed by atoms with E-state index in [4.69, 9.17) is 11.6 Å². The zero-order chi connectivity index (χ0) is 15.5. The smallest absolute Gasteiger partial charge is 0.243 e. The van der Waals surface area contributed by atoms with Gasteiger partial charge in [-0.1, -0.05) is 25.4 Å². The minimum atomic E-state index is -3.41. The molecule has 0 bridgehead atoms. The van der Waals surface area contributed by atoms with Gasteiger partial charge in [0.05, 0.1) is 4.90 Å². The summed E-state index contributed by atoms with van der Waals surface area (Å²) in [5.41, 5.74) is 0.817. The highest BCUT2D eigenvalue weighted by atomic mass is 35.5. The molecule has 1 aliphatic rings. The Hall–Kier alpha value is -0.270. The van der Waals surface area contributed by atoms with Crippen molar-refractivity contribution in [3.05, 3.63) is 28.8 Å². The summed E-state index contributed by atoms with van der Waals surface area (Å²) in [7, 11) is -3.41. The Morgan fingerprint density at radius 1 is 1.33 bits per heavy atom. The molecule has 1 heterocycles. The molecule has 0 radical (unpaired) electrons. The highest BCUT2D eigenvalue weighted by Gasteiger charge is 2.26. The second-order valence-electron chi connectivity index (χ2n) is 5.31. The first-order valence-electron chi connectivity index (χ1n) is 7.01. The van der Waals surface area contributed by atoms with Crippen molar-refractivity contribution in [2.75, 3.05) is 24.6 Å². The van der Waals surface area contributed by atoms with Crippen molar-refractivity contribution >= 4 is 33.4 Å². The maximum Gasteiger partial charge on any atom is 0.243 e. The second kappa shape index (κ2) is 7.33. The fourth-order valence-corrected chi connectivity index (χ4v) is 4.91. The number of sulfonamides is 1. The molecule has 0 aromatic heterocycles. The topological polar surface area (TPSA) is 49.4 Å². The van der Waals surface area contributed by atoms with E-state index in [1.54, 1.807) is 34.3 Å². The van der Waals surface area contributed by atoms with Gasteiger partial charge < -0.3 is 5.32 Å². The highest BCUT2D eigenvalue weighted by molar-refractivity contribution is 7.99. The average Bonchev–Trinajstić information content (AvgIpc) is 2.47. The molecular weight excluding hydrogens is 328 g/mol. The number of hydrogen-bond acceptors (Lipinski definition) is 4. The molecule has 0 atom stereocenters. The standard InChI is InChI=1S/C14H21ClN2O2S2/c1-11(2)16-10-12-9-13(3-4-14(12)15)21(18,19)17-5-7-20-8-6-17/h3-4,9,11,16H,5-8,10H2,1-2H3. The van der Waals surface area contributed by atoms with Gasteiger partial charge in [-0.3, -0.25) is 0 Å². The van der Waals surface area contributed by atoms with Crippen molar-refractivity contribution in [3.8, 4) is 0 Å². The molecule has 1 N–H and O–H groups in total. The van der Waals surface area contributed by atoms with Crippen LogP contribution < -0.4 is 5.32 Å². The van der Waals surface area contributed by atoms with Gasteiger partial charge in [-0.25, -0.2) is 8.42 Å². The van der Waals surface area contributed by atoms with Crippen molar-refractivity contribution in [3.63, 3.8) is 0 Å². The fourth-order valence-electron chi connectivity index (χ4n) is 2.10. The number of nitrogens with zero attached hydrogens (tertiary/aromatic N) is 1. The molecule has 1 aromatic rings. The van der Waals surface area contributed by atoms with Gasteiger partial charge in [0.25, 0.3) is 0 Å². The summed E-state index contributed by atoms with van der Waals surface area (Å²) in [5, 5.41) is 3.86. The molecular formula is C14H21ClN2O2S2. The van der Waals surface area contributed by atoms with Crippen molar-refractivity contribution < 1.29 is 8.42 Å². The summed E-state index contributed by atoms with van der Waals surface area (Å²) >= 11 is 7.95. The van der Waals surface area contributed by atoms with Crippen LogP contribution in [-0.4, -0.2) is 43.4 Å². The van der Waals surface area contributed by atoms with Gasteiger partial charge in [-0.05, 0) is 23.8 Å². The number of benzene rings is 1. The minimum Gasteiger partial charge on any atom is -0.310 e. The Labute approximate surface area is 136 Å². The van der Waals surface area contributed by atoms with Crippen LogP contribution >= 0.6 is 23.4 Å². The number of thioether (sulfide) groups is 1. The lowest BCUT2D eigenvalue weighted by Crippen LogP contribution is -2.37. The third-order valence-corrected chi connectivity index (χ3v) is 6.53. The third kappa shape index (κ3) is 4.36. The van der Waals surface area contributed by atoms with E-state index in [0.717, 1.165) is 17.1 Å². The highest BCUT2D eigenvalue weighted by Crippen LogP contribution is 2.24. The van der Waals surface area contributed by atoms with Gasteiger partial charge in [0, 0.05) is 42.2 Å². The molecule has 4 nitrogen and oxygen atoms in total. The number of nitrogens with one attached hydrogen (secondary N) is 1. The zero-order valence-corrected chi connectivity index (χ0v) is 14.7. The normalized spacial score (nSPS) is 17.3. The molecule has 7 heteroatoms. The lowest BCUT2D eigenvalue weighted by atomic mass is 10.2. The lowest BCUT2D eigenvalue weighted by Gasteiger charge is -2.26. The SMILES string of the molecule is CC(C)NCc1cc(S(=O)(=O)N2CCSCC2)ccc1Cl. The molecule has 0 saturated carbocycles. The van der Waals surface area contributed by atoms with Crippen LogP contribution in [0, 0.1) is 0 Å². The maximum absolute atomic E-state index is 12.6. The summed E-state index contributed by atoms with van der Waals surface area (Å²) in [5.74, 6) is 1.71. The lowest BCUT2D eigenvalue weighted by molar-refractivity contribution is 0.443. The van der Waals surface area contributed by atoms with Gasteiger partial charge in [0.1, 0.15) is 0 Å². The van der Waals surface area contributed by atoms with Crippen LogP contribution in [-0.2, 0) is 16.6 Å². The third-order valence-electron chi connectivity index (χ3n) is 3.33. The minimum absolute atomic E-state index is 0.320. The van der Waals surface area contributed by atoms with Crippen molar-refractivity contribution in [2.24, 2.45) is 0 Å². The molecule has 1 saturated heterocycles. The van der Waals surface area contributed by atoms with Crippen LogP contribution in [0.5, 0.6) is 0 Å². The fraction of sp³-hybridized carbons (Fsp3) is 0.571. The maximum atomic E-state index is 12.6. The Balaban J connectivity index is 2.24. The predicted molar refractivity (Wildman–Crippen MR) is 89.5 cm³/mol. The van der Waals surface area contributed by atoms with E-state index in [1.165, 1.54) is 0 Å². The van der Waals surface area contributed by atoms with E-state index < -0.39 is 10.0 Å². The average molecular weight is 349 g/mol. The van der Waals surface area contributed by atoms with E-state index in [2.05, 4.69) is 5.32 Å². The van der Waals surface area contributed by atoms with Gasteiger partial charge >= 0.3 is 0 Å². The van der Waals surface area contributed by atoms with E-state index in [-0.39, 0.29) is 0 Å². The first kappa shape index (κ1) is 17.1. The molecule has 1 aromatic carbocycles. The Morgan fingerprint density at radius 2 is 2.00 bits per heavy atom. The molecule has 118 valence electrons. The molecule has 21 heavy (non-hydrogen) atoms. The second-order valence-corrected chi connectivity index (χ2v) is 8.88. The molecule has 2 rings (SSSR count). The van der Waals surface area contributed by atoms with Gasteiger partial charge in [0.15, 0.2) is 0 Å². The van der Waals surface area contributed by atoms with Crippen molar-refractivity contribution in [1.29, 1.82) is 0 Å². The van der Waals surface area contributed by atoms with E-state index in [9.17, 15) is 8.42 Å². The summed E-state index contributed by atoms with van der Waals surface area (Å²) in [4.78, 5) is 0.333. The number of halogens is 1. The molecule has 0 amide bonds. The molecule has 1 fully saturated rings. The van der Waals surface area contributed by atoms with E-state index in [0.29, 0.717) is 35.6 Å². The molecule has 0 spiro atoms. The van der Waals surface area contributed by atoms with Gasteiger partial charge in [-0.15, -0.1) is 0 Å². The monoisotopic (exact) mass is 348 g/mol. The Kier molecular flexibility index (Phi) is 5.96. The number of hydrogen-bond donors (Lipinski definition) is 1. The van der Waals surface area contributed by atoms with Crippen LogP contribution in [0.3, 0.4) is 0 Å². The largest absolute Gasteiger partial charge is 0.310 e. The summed E-state index contributed by atoms with van der Waals surface area (Å²) in [6.45, 7) is 5.81. The van der Waals surface area contributed by atoms with Crippen LogP contribution in [0.25, 0.3) is 0 Å². The quantitative estimate of drug-likeness (QED) is 0.888. The molecule has 0 aliphatic carbocycles.